The summed E-state index contributed by atoms with van der Waals surface area (Å²) in [6.45, 7) is 2.78. The van der Waals surface area contributed by atoms with Crippen molar-refractivity contribution in [3.63, 3.8) is 0 Å². The Morgan fingerprint density at radius 2 is 2.24 bits per heavy atom. The van der Waals surface area contributed by atoms with Crippen molar-refractivity contribution in [3.05, 3.63) is 33.8 Å². The smallest absolute Gasteiger partial charge is 0.0858 e. The fourth-order valence-electron chi connectivity index (χ4n) is 2.42. The number of aliphatic hydroxyl groups is 1. The van der Waals surface area contributed by atoms with Crippen LogP contribution >= 0.6 is 23.2 Å². The van der Waals surface area contributed by atoms with E-state index in [9.17, 15) is 5.11 Å². The molecule has 3 unspecified atom stereocenters. The van der Waals surface area contributed by atoms with Crippen LogP contribution in [0.5, 0.6) is 0 Å². The molecule has 4 heteroatoms. The molecule has 2 rings (SSSR count). The van der Waals surface area contributed by atoms with Crippen molar-refractivity contribution in [2.75, 3.05) is 6.61 Å². The lowest BCUT2D eigenvalue weighted by molar-refractivity contribution is 0.0308. The van der Waals surface area contributed by atoms with Gasteiger partial charge in [0.1, 0.15) is 0 Å². The molecule has 0 amide bonds. The Morgan fingerprint density at radius 1 is 1.47 bits per heavy atom. The maximum Gasteiger partial charge on any atom is 0.0858 e. The first kappa shape index (κ1) is 13.2. The van der Waals surface area contributed by atoms with Gasteiger partial charge in [-0.3, -0.25) is 0 Å². The second-order valence-corrected chi connectivity index (χ2v) is 5.22. The van der Waals surface area contributed by atoms with Crippen LogP contribution in [0.1, 0.15) is 31.4 Å². The zero-order valence-electron chi connectivity index (χ0n) is 9.70. The summed E-state index contributed by atoms with van der Waals surface area (Å²) in [4.78, 5) is 0. The molecule has 3 atom stereocenters. The van der Waals surface area contributed by atoms with Gasteiger partial charge in [-0.05, 0) is 30.5 Å². The quantitative estimate of drug-likeness (QED) is 0.908. The molecular formula is C13H16Cl2O2. The minimum Gasteiger partial charge on any atom is -0.388 e. The highest BCUT2D eigenvalue weighted by Gasteiger charge is 2.34. The van der Waals surface area contributed by atoms with Gasteiger partial charge in [-0.2, -0.15) is 0 Å². The second-order valence-electron chi connectivity index (χ2n) is 4.38. The van der Waals surface area contributed by atoms with Crippen LogP contribution in [0.3, 0.4) is 0 Å². The minimum atomic E-state index is -0.577. The average molecular weight is 275 g/mol. The Kier molecular flexibility index (Phi) is 4.31. The van der Waals surface area contributed by atoms with Crippen molar-refractivity contribution in [2.45, 2.75) is 32.0 Å². The van der Waals surface area contributed by atoms with Crippen LogP contribution < -0.4 is 0 Å². The lowest BCUT2D eigenvalue weighted by Crippen LogP contribution is -2.22. The lowest BCUT2D eigenvalue weighted by atomic mass is 9.89. The maximum absolute atomic E-state index is 10.4. The van der Waals surface area contributed by atoms with E-state index in [4.69, 9.17) is 27.9 Å². The maximum atomic E-state index is 10.4. The number of hydrogen-bond donors (Lipinski definition) is 1. The summed E-state index contributed by atoms with van der Waals surface area (Å²) in [6, 6.07) is 5.21. The van der Waals surface area contributed by atoms with Gasteiger partial charge in [0.15, 0.2) is 0 Å². The second kappa shape index (κ2) is 5.57. The summed E-state index contributed by atoms with van der Waals surface area (Å²) in [7, 11) is 0. The van der Waals surface area contributed by atoms with Crippen molar-refractivity contribution in [3.8, 4) is 0 Å². The van der Waals surface area contributed by atoms with Gasteiger partial charge in [-0.15, -0.1) is 0 Å². The third-order valence-electron chi connectivity index (χ3n) is 3.35. The monoisotopic (exact) mass is 274 g/mol. The third-order valence-corrected chi connectivity index (χ3v) is 3.91. The van der Waals surface area contributed by atoms with Gasteiger partial charge < -0.3 is 9.84 Å². The molecule has 0 radical (unpaired) electrons. The lowest BCUT2D eigenvalue weighted by Gasteiger charge is -2.23. The van der Waals surface area contributed by atoms with Gasteiger partial charge >= 0.3 is 0 Å². The number of hydrogen-bond acceptors (Lipinski definition) is 2. The number of ether oxygens (including phenoxy) is 1. The summed E-state index contributed by atoms with van der Waals surface area (Å²) >= 11 is 12.0. The van der Waals surface area contributed by atoms with Crippen LogP contribution in [-0.2, 0) is 4.74 Å². The normalized spacial score (nSPS) is 26.1. The fourth-order valence-corrected chi connectivity index (χ4v) is 2.94. The van der Waals surface area contributed by atoms with Crippen molar-refractivity contribution >= 4 is 23.2 Å². The molecule has 1 heterocycles. The van der Waals surface area contributed by atoms with Gasteiger partial charge in [-0.1, -0.05) is 36.2 Å². The molecule has 2 nitrogen and oxygen atoms in total. The minimum absolute atomic E-state index is 0.122. The zero-order chi connectivity index (χ0) is 12.4. The van der Waals surface area contributed by atoms with Crippen LogP contribution in [-0.4, -0.2) is 17.8 Å². The van der Waals surface area contributed by atoms with Gasteiger partial charge in [0.25, 0.3) is 0 Å². The van der Waals surface area contributed by atoms with Gasteiger partial charge in [0.2, 0.25) is 0 Å². The summed E-state index contributed by atoms with van der Waals surface area (Å²) in [5.74, 6) is 0.124. The van der Waals surface area contributed by atoms with E-state index in [-0.39, 0.29) is 12.0 Å². The van der Waals surface area contributed by atoms with E-state index in [2.05, 4.69) is 6.92 Å². The van der Waals surface area contributed by atoms with E-state index in [0.717, 1.165) is 18.4 Å². The molecule has 1 aromatic rings. The van der Waals surface area contributed by atoms with Gasteiger partial charge in [-0.25, -0.2) is 0 Å². The molecule has 17 heavy (non-hydrogen) atoms. The largest absolute Gasteiger partial charge is 0.388 e. The van der Waals surface area contributed by atoms with Crippen LogP contribution in [0.25, 0.3) is 0 Å². The molecule has 1 aromatic carbocycles. The highest BCUT2D eigenvalue weighted by molar-refractivity contribution is 6.35. The van der Waals surface area contributed by atoms with Crippen molar-refractivity contribution in [1.29, 1.82) is 0 Å². The summed E-state index contributed by atoms with van der Waals surface area (Å²) < 4.78 is 5.59. The van der Waals surface area contributed by atoms with E-state index < -0.39 is 6.10 Å². The van der Waals surface area contributed by atoms with Crippen LogP contribution in [0, 0.1) is 5.92 Å². The Hall–Kier alpha value is -0.280. The summed E-state index contributed by atoms with van der Waals surface area (Å²) in [6.07, 6.45) is 1.33. The molecular weight excluding hydrogens is 259 g/mol. The first-order chi connectivity index (χ1) is 8.13. The molecule has 1 fully saturated rings. The predicted molar refractivity (Wildman–Crippen MR) is 69.6 cm³/mol. The van der Waals surface area contributed by atoms with E-state index in [0.29, 0.717) is 16.7 Å². The molecule has 0 aliphatic carbocycles. The molecule has 0 saturated carbocycles. The highest BCUT2D eigenvalue weighted by atomic mass is 35.5. The number of rotatable bonds is 3. The summed E-state index contributed by atoms with van der Waals surface area (Å²) in [5.41, 5.74) is 0.741. The Labute approximate surface area is 111 Å². The van der Waals surface area contributed by atoms with Crippen molar-refractivity contribution < 1.29 is 9.84 Å². The van der Waals surface area contributed by atoms with Crippen molar-refractivity contribution in [2.24, 2.45) is 5.92 Å². The van der Waals surface area contributed by atoms with Gasteiger partial charge in [0.05, 0.1) is 12.2 Å². The highest BCUT2D eigenvalue weighted by Crippen LogP contribution is 2.37. The molecule has 0 spiro atoms. The molecule has 1 N–H and O–H groups in total. The molecule has 94 valence electrons. The first-order valence-corrected chi connectivity index (χ1v) is 6.63. The molecule has 1 aliphatic rings. The first-order valence-electron chi connectivity index (χ1n) is 5.88. The fraction of sp³-hybridized carbons (Fsp3) is 0.538. The number of halogens is 2. The molecule has 0 aromatic heterocycles. The SMILES string of the molecule is CCC1OCCC1C(O)c1ccc(Cl)cc1Cl. The number of benzene rings is 1. The third kappa shape index (κ3) is 2.76. The number of aliphatic hydroxyl groups excluding tert-OH is 1. The van der Waals surface area contributed by atoms with E-state index >= 15 is 0 Å². The van der Waals surface area contributed by atoms with Crippen molar-refractivity contribution in [1.82, 2.24) is 0 Å². The summed E-state index contributed by atoms with van der Waals surface area (Å²) in [5, 5.41) is 11.5. The van der Waals surface area contributed by atoms with Crippen LogP contribution in [0.15, 0.2) is 18.2 Å². The topological polar surface area (TPSA) is 29.5 Å². The Morgan fingerprint density at radius 3 is 2.88 bits per heavy atom. The Balaban J connectivity index is 2.21. The van der Waals surface area contributed by atoms with E-state index in [1.165, 1.54) is 0 Å². The predicted octanol–water partition coefficient (Wildman–Crippen LogP) is 3.84. The molecule has 1 saturated heterocycles. The standard InChI is InChI=1S/C13H16Cl2O2/c1-2-12-10(5-6-17-12)13(16)9-4-3-8(14)7-11(9)15/h3-4,7,10,12-13,16H,2,5-6H2,1H3. The van der Waals surface area contributed by atoms with E-state index in [1.807, 2.05) is 0 Å². The van der Waals surface area contributed by atoms with Crippen LogP contribution in [0.2, 0.25) is 10.0 Å². The molecule has 0 bridgehead atoms. The molecule has 1 aliphatic heterocycles. The zero-order valence-corrected chi connectivity index (χ0v) is 11.2. The van der Waals surface area contributed by atoms with Crippen LogP contribution in [0.4, 0.5) is 0 Å². The average Bonchev–Trinajstić information content (AvgIpc) is 2.76. The Bertz CT molecular complexity index is 395. The van der Waals surface area contributed by atoms with Gasteiger partial charge in [0, 0.05) is 22.6 Å². The van der Waals surface area contributed by atoms with E-state index in [1.54, 1.807) is 18.2 Å².